The third-order valence-corrected chi connectivity index (χ3v) is 11.1. The SMILES string of the molecule is CC(=O)NCC(=O)CO[C@H]1CCN(C)[C@@H](C)C1.C[C@H]1C[C@@H](O)CCN1C.C[C@H]1C[C@@H](OCC(=O)O)CCN1C.Cc1nnc(CO[C@H]2CCN(C)[C@@H](C)C2)o1. The molecule has 0 bridgehead atoms. The van der Waals surface area contributed by atoms with Crippen molar-refractivity contribution in [1.29, 1.82) is 0 Å². The molecule has 0 spiro atoms. The van der Waals surface area contributed by atoms with Crippen LogP contribution in [0.2, 0.25) is 0 Å². The van der Waals surface area contributed by atoms with Gasteiger partial charge in [-0.05, 0) is 107 Å². The van der Waals surface area contributed by atoms with Crippen LogP contribution in [0.4, 0.5) is 0 Å². The minimum absolute atomic E-state index is 0.0452. The van der Waals surface area contributed by atoms with Gasteiger partial charge in [-0.25, -0.2) is 4.79 Å². The molecule has 0 saturated carbocycles. The Labute approximate surface area is 329 Å². The molecular formula is C39H73N7O9. The number of Topliss-reactive ketones (excluding diaryl/α,β-unsaturated/α-hetero) is 1. The summed E-state index contributed by atoms with van der Waals surface area (Å²) in [4.78, 5) is 41.5. The van der Waals surface area contributed by atoms with E-state index in [0.717, 1.165) is 77.5 Å². The molecule has 5 rings (SSSR count). The molecule has 0 aliphatic carbocycles. The number of hydrogen-bond donors (Lipinski definition) is 3. The summed E-state index contributed by atoms with van der Waals surface area (Å²) in [7, 11) is 8.44. The molecule has 1 amide bonds. The number of aliphatic carboxylic acids is 1. The molecule has 5 heterocycles. The number of hydrogen-bond acceptors (Lipinski definition) is 14. The van der Waals surface area contributed by atoms with Gasteiger partial charge in [0.15, 0.2) is 5.78 Å². The lowest BCUT2D eigenvalue weighted by molar-refractivity contribution is -0.145. The molecular weight excluding hydrogens is 710 g/mol. The number of ether oxygens (including phenoxy) is 3. The van der Waals surface area contributed by atoms with Gasteiger partial charge in [-0.1, -0.05) is 0 Å². The molecule has 318 valence electrons. The van der Waals surface area contributed by atoms with Crippen LogP contribution < -0.4 is 5.32 Å². The first-order valence-electron chi connectivity index (χ1n) is 20.0. The number of amides is 1. The van der Waals surface area contributed by atoms with E-state index in [1.807, 2.05) is 0 Å². The van der Waals surface area contributed by atoms with Gasteiger partial charge in [0.05, 0.1) is 31.0 Å². The second-order valence-corrected chi connectivity index (χ2v) is 15.9. The number of nitrogens with one attached hydrogen (secondary N) is 1. The van der Waals surface area contributed by atoms with Gasteiger partial charge in [-0.2, -0.15) is 0 Å². The highest BCUT2D eigenvalue weighted by Gasteiger charge is 2.26. The van der Waals surface area contributed by atoms with E-state index in [-0.39, 0.29) is 49.8 Å². The van der Waals surface area contributed by atoms with Crippen molar-refractivity contribution in [1.82, 2.24) is 35.1 Å². The van der Waals surface area contributed by atoms with E-state index in [4.69, 9.17) is 23.7 Å². The van der Waals surface area contributed by atoms with Crippen molar-refractivity contribution in [3.05, 3.63) is 11.8 Å². The topological polar surface area (TPSA) is 183 Å². The van der Waals surface area contributed by atoms with Gasteiger partial charge in [0.1, 0.15) is 19.8 Å². The average molecular weight is 784 g/mol. The molecule has 16 nitrogen and oxygen atoms in total. The monoisotopic (exact) mass is 784 g/mol. The predicted octanol–water partition coefficient (Wildman–Crippen LogP) is 2.60. The Morgan fingerprint density at radius 3 is 1.53 bits per heavy atom. The number of aliphatic hydroxyl groups excluding tert-OH is 1. The molecule has 8 atom stereocenters. The van der Waals surface area contributed by atoms with Gasteiger partial charge >= 0.3 is 5.97 Å². The number of carbonyl (C=O) groups excluding carboxylic acids is 2. The molecule has 0 radical (unpaired) electrons. The molecule has 0 unspecified atom stereocenters. The molecule has 4 aliphatic heterocycles. The summed E-state index contributed by atoms with van der Waals surface area (Å²) in [5.41, 5.74) is 0. The van der Waals surface area contributed by atoms with Crippen LogP contribution in [0.3, 0.4) is 0 Å². The second-order valence-electron chi connectivity index (χ2n) is 15.9. The van der Waals surface area contributed by atoms with Crippen molar-refractivity contribution in [2.45, 2.75) is 148 Å². The van der Waals surface area contributed by atoms with Gasteiger partial charge < -0.3 is 53.8 Å². The van der Waals surface area contributed by atoms with E-state index in [1.54, 1.807) is 6.92 Å². The number of piperidine rings is 4. The standard InChI is InChI=1S/C12H22N2O3.C11H19N3O2.C9H17NO3.C7H15NO/c1-9-6-12(4-5-14(9)3)17-8-11(16)7-13-10(2)15;1-8-6-10(4-5-14(8)3)15-7-11-13-12-9(2)16-11;1-7-5-8(3-4-10(7)2)13-6-9(11)12;1-6-5-7(9)3-4-8(6)2/h9,12H,4-8H2,1-3H3,(H,13,15);8,10H,4-7H2,1-3H3;7-8H,3-6H2,1-2H3,(H,11,12);6-7,9H,3-5H2,1-2H3/t9-,12-;8-,10-;7-,8-;6-,7-/m0000/s1. The highest BCUT2D eigenvalue weighted by molar-refractivity contribution is 5.86. The third-order valence-electron chi connectivity index (χ3n) is 11.1. The molecule has 4 fully saturated rings. The fraction of sp³-hybridized carbons (Fsp3) is 0.872. The van der Waals surface area contributed by atoms with Crippen LogP contribution in [-0.2, 0) is 35.2 Å². The fourth-order valence-electron chi connectivity index (χ4n) is 6.72. The summed E-state index contributed by atoms with van der Waals surface area (Å²) in [6.07, 6.45) is 8.41. The molecule has 4 aliphatic rings. The Morgan fingerprint density at radius 2 is 1.15 bits per heavy atom. The van der Waals surface area contributed by atoms with Crippen LogP contribution in [0.25, 0.3) is 0 Å². The quantitative estimate of drug-likeness (QED) is 0.298. The van der Waals surface area contributed by atoms with Crippen molar-refractivity contribution in [2.24, 2.45) is 0 Å². The first-order chi connectivity index (χ1) is 25.9. The number of ketones is 1. The first kappa shape index (κ1) is 48.6. The van der Waals surface area contributed by atoms with Crippen LogP contribution in [-0.4, -0.2) is 180 Å². The van der Waals surface area contributed by atoms with Crippen LogP contribution in [0.1, 0.15) is 97.8 Å². The van der Waals surface area contributed by atoms with Crippen molar-refractivity contribution < 1.29 is 43.2 Å². The van der Waals surface area contributed by atoms with Gasteiger partial charge in [0, 0.05) is 64.2 Å². The number of carboxylic acid groups (broad SMARTS) is 1. The number of carbonyl (C=O) groups is 3. The van der Waals surface area contributed by atoms with E-state index in [1.165, 1.54) is 6.92 Å². The lowest BCUT2D eigenvalue weighted by Crippen LogP contribution is -2.41. The Kier molecular flexibility index (Phi) is 22.6. The Balaban J connectivity index is 0.000000259. The molecule has 1 aromatic heterocycles. The smallest absolute Gasteiger partial charge is 0.329 e. The van der Waals surface area contributed by atoms with Crippen LogP contribution >= 0.6 is 0 Å². The summed E-state index contributed by atoms with van der Waals surface area (Å²) < 4.78 is 21.8. The highest BCUT2D eigenvalue weighted by atomic mass is 16.5. The predicted molar refractivity (Wildman–Crippen MR) is 210 cm³/mol. The minimum atomic E-state index is -0.883. The summed E-state index contributed by atoms with van der Waals surface area (Å²) in [5, 5.41) is 27.8. The van der Waals surface area contributed by atoms with Gasteiger partial charge in [0.25, 0.3) is 0 Å². The van der Waals surface area contributed by atoms with Gasteiger partial charge in [-0.3, -0.25) is 9.59 Å². The first-order valence-corrected chi connectivity index (χ1v) is 20.0. The van der Waals surface area contributed by atoms with E-state index in [0.29, 0.717) is 48.7 Å². The molecule has 1 aromatic rings. The van der Waals surface area contributed by atoms with Crippen LogP contribution in [0.5, 0.6) is 0 Å². The lowest BCUT2D eigenvalue weighted by Gasteiger charge is -2.34. The van der Waals surface area contributed by atoms with Gasteiger partial charge in [-0.15, -0.1) is 10.2 Å². The minimum Gasteiger partial charge on any atom is -0.480 e. The average Bonchev–Trinajstić information content (AvgIpc) is 3.56. The number of aliphatic hydroxyl groups is 1. The number of carboxylic acids is 1. The second kappa shape index (κ2) is 25.6. The third kappa shape index (κ3) is 20.4. The number of likely N-dealkylation sites (tertiary alicyclic amines) is 4. The fourth-order valence-corrected chi connectivity index (χ4v) is 6.72. The molecule has 3 N–H and O–H groups in total. The number of aryl methyl sites for hydroxylation is 1. The maximum atomic E-state index is 11.4. The van der Waals surface area contributed by atoms with E-state index in [2.05, 4.69) is 91.0 Å². The maximum Gasteiger partial charge on any atom is 0.329 e. The summed E-state index contributed by atoms with van der Waals surface area (Å²) in [6, 6.07) is 2.14. The number of rotatable bonds is 11. The normalized spacial score (nSPS) is 29.4. The number of nitrogens with zero attached hydrogens (tertiary/aromatic N) is 6. The van der Waals surface area contributed by atoms with Crippen molar-refractivity contribution in [3.8, 4) is 0 Å². The Morgan fingerprint density at radius 1 is 0.709 bits per heavy atom. The Hall–Kier alpha value is -2.57. The van der Waals surface area contributed by atoms with Crippen LogP contribution in [0.15, 0.2) is 4.42 Å². The van der Waals surface area contributed by atoms with E-state index >= 15 is 0 Å². The summed E-state index contributed by atoms with van der Waals surface area (Å²) in [6.45, 7) is 16.4. The Bertz CT molecular complexity index is 1260. The van der Waals surface area contributed by atoms with Crippen LogP contribution in [0, 0.1) is 6.92 Å². The van der Waals surface area contributed by atoms with E-state index < -0.39 is 5.97 Å². The maximum absolute atomic E-state index is 11.4. The van der Waals surface area contributed by atoms with Gasteiger partial charge in [0.2, 0.25) is 17.7 Å². The van der Waals surface area contributed by atoms with E-state index in [9.17, 15) is 19.5 Å². The zero-order valence-corrected chi connectivity index (χ0v) is 35.4. The summed E-state index contributed by atoms with van der Waals surface area (Å²) in [5.74, 6) is 0.0176. The molecule has 16 heteroatoms. The summed E-state index contributed by atoms with van der Waals surface area (Å²) >= 11 is 0. The number of aromatic nitrogens is 2. The van der Waals surface area contributed by atoms with Crippen molar-refractivity contribution in [3.63, 3.8) is 0 Å². The molecule has 0 aromatic carbocycles. The highest BCUT2D eigenvalue weighted by Crippen LogP contribution is 2.20. The molecule has 4 saturated heterocycles. The van der Waals surface area contributed by atoms with Crippen molar-refractivity contribution in [2.75, 3.05) is 74.1 Å². The zero-order valence-electron chi connectivity index (χ0n) is 35.4. The lowest BCUT2D eigenvalue weighted by atomic mass is 10.0. The zero-order chi connectivity index (χ0) is 41.1. The van der Waals surface area contributed by atoms with Crippen molar-refractivity contribution >= 4 is 17.7 Å². The molecule has 55 heavy (non-hydrogen) atoms. The largest absolute Gasteiger partial charge is 0.480 e.